The Hall–Kier alpha value is -2.44. The maximum absolute atomic E-state index is 12.4. The third kappa shape index (κ3) is 3.49. The predicted molar refractivity (Wildman–Crippen MR) is 87.4 cm³/mol. The molecule has 0 aliphatic rings. The van der Waals surface area contributed by atoms with Crippen LogP contribution in [0.2, 0.25) is 5.02 Å². The van der Waals surface area contributed by atoms with Gasteiger partial charge in [0.2, 0.25) is 0 Å². The van der Waals surface area contributed by atoms with Gasteiger partial charge in [-0.1, -0.05) is 23.7 Å². The first-order chi connectivity index (χ1) is 11.2. The van der Waals surface area contributed by atoms with Crippen LogP contribution >= 0.6 is 11.6 Å². The SMILES string of the molecule is O=C(NC(CO)Cc1ccc(Cl)cc1)c1n[nH]c2cnccc12. The summed E-state index contributed by atoms with van der Waals surface area (Å²) in [4.78, 5) is 16.4. The van der Waals surface area contributed by atoms with Crippen LogP contribution in [0.25, 0.3) is 10.9 Å². The normalized spacial score (nSPS) is 12.3. The Labute approximate surface area is 137 Å². The highest BCUT2D eigenvalue weighted by molar-refractivity contribution is 6.30. The summed E-state index contributed by atoms with van der Waals surface area (Å²) in [6.45, 7) is -0.168. The lowest BCUT2D eigenvalue weighted by atomic mass is 10.1. The first-order valence-electron chi connectivity index (χ1n) is 7.11. The highest BCUT2D eigenvalue weighted by atomic mass is 35.5. The maximum Gasteiger partial charge on any atom is 0.272 e. The van der Waals surface area contributed by atoms with E-state index in [0.29, 0.717) is 22.3 Å². The van der Waals surface area contributed by atoms with E-state index >= 15 is 0 Å². The minimum Gasteiger partial charge on any atom is -0.394 e. The molecule has 0 bridgehead atoms. The lowest BCUT2D eigenvalue weighted by Crippen LogP contribution is -2.39. The van der Waals surface area contributed by atoms with Gasteiger partial charge in [-0.05, 0) is 30.2 Å². The molecule has 0 saturated carbocycles. The predicted octanol–water partition coefficient (Wildman–Crippen LogP) is 1.94. The van der Waals surface area contributed by atoms with E-state index in [9.17, 15) is 9.90 Å². The van der Waals surface area contributed by atoms with Gasteiger partial charge in [-0.25, -0.2) is 0 Å². The number of halogens is 1. The van der Waals surface area contributed by atoms with Gasteiger partial charge in [-0.2, -0.15) is 5.10 Å². The van der Waals surface area contributed by atoms with Crippen molar-refractivity contribution >= 4 is 28.4 Å². The Bertz CT molecular complexity index is 816. The molecule has 0 spiro atoms. The van der Waals surface area contributed by atoms with Crippen LogP contribution in [0, 0.1) is 0 Å². The van der Waals surface area contributed by atoms with E-state index in [4.69, 9.17) is 11.6 Å². The number of carbonyl (C=O) groups is 1. The lowest BCUT2D eigenvalue weighted by molar-refractivity contribution is 0.0913. The number of amides is 1. The molecule has 0 aliphatic heterocycles. The Balaban J connectivity index is 1.73. The zero-order valence-electron chi connectivity index (χ0n) is 12.2. The molecule has 6 nitrogen and oxygen atoms in total. The van der Waals surface area contributed by atoms with Crippen molar-refractivity contribution in [2.45, 2.75) is 12.5 Å². The second-order valence-electron chi connectivity index (χ2n) is 5.18. The lowest BCUT2D eigenvalue weighted by Gasteiger charge is -2.15. The molecular weight excluding hydrogens is 316 g/mol. The number of hydrogen-bond donors (Lipinski definition) is 3. The van der Waals surface area contributed by atoms with Gasteiger partial charge < -0.3 is 10.4 Å². The average Bonchev–Trinajstić information content (AvgIpc) is 3.00. The fourth-order valence-corrected chi connectivity index (χ4v) is 2.49. The summed E-state index contributed by atoms with van der Waals surface area (Å²) >= 11 is 5.85. The van der Waals surface area contributed by atoms with Crippen LogP contribution in [0.5, 0.6) is 0 Å². The number of carbonyl (C=O) groups excluding carboxylic acids is 1. The summed E-state index contributed by atoms with van der Waals surface area (Å²) in [5.41, 5.74) is 1.96. The molecule has 3 aromatic rings. The number of nitrogens with one attached hydrogen (secondary N) is 2. The molecule has 3 rings (SSSR count). The van der Waals surface area contributed by atoms with E-state index in [1.165, 1.54) is 0 Å². The van der Waals surface area contributed by atoms with Gasteiger partial charge in [0.15, 0.2) is 5.69 Å². The van der Waals surface area contributed by atoms with Gasteiger partial charge in [0, 0.05) is 16.6 Å². The average molecular weight is 331 g/mol. The number of fused-ring (bicyclic) bond motifs is 1. The number of benzene rings is 1. The molecule has 3 N–H and O–H groups in total. The Morgan fingerprint density at radius 2 is 2.09 bits per heavy atom. The maximum atomic E-state index is 12.4. The first-order valence-corrected chi connectivity index (χ1v) is 7.49. The molecular formula is C16H15ClN4O2. The van der Waals surface area contributed by atoms with Crippen molar-refractivity contribution in [1.29, 1.82) is 0 Å². The molecule has 1 aromatic carbocycles. The van der Waals surface area contributed by atoms with Gasteiger partial charge in [0.1, 0.15) is 0 Å². The smallest absolute Gasteiger partial charge is 0.272 e. The van der Waals surface area contributed by atoms with Crippen LogP contribution in [0.3, 0.4) is 0 Å². The van der Waals surface area contributed by atoms with Gasteiger partial charge in [0.05, 0.1) is 24.4 Å². The van der Waals surface area contributed by atoms with Gasteiger partial charge >= 0.3 is 0 Å². The van der Waals surface area contributed by atoms with Crippen molar-refractivity contribution in [3.05, 3.63) is 59.0 Å². The molecule has 23 heavy (non-hydrogen) atoms. The van der Waals surface area contributed by atoms with Crippen LogP contribution in [-0.2, 0) is 6.42 Å². The van der Waals surface area contributed by atoms with E-state index in [0.717, 1.165) is 5.56 Å². The Morgan fingerprint density at radius 3 is 2.83 bits per heavy atom. The van der Waals surface area contributed by atoms with Crippen molar-refractivity contribution in [1.82, 2.24) is 20.5 Å². The Kier molecular flexibility index (Phi) is 4.55. The van der Waals surface area contributed by atoms with E-state index < -0.39 is 6.04 Å². The summed E-state index contributed by atoms with van der Waals surface area (Å²) < 4.78 is 0. The van der Waals surface area contributed by atoms with E-state index in [1.807, 2.05) is 12.1 Å². The summed E-state index contributed by atoms with van der Waals surface area (Å²) in [6.07, 6.45) is 3.71. The highest BCUT2D eigenvalue weighted by Gasteiger charge is 2.18. The molecule has 2 heterocycles. The number of aliphatic hydroxyl groups is 1. The molecule has 1 unspecified atom stereocenters. The highest BCUT2D eigenvalue weighted by Crippen LogP contribution is 2.15. The Morgan fingerprint density at radius 1 is 1.30 bits per heavy atom. The van der Waals surface area contributed by atoms with Crippen LogP contribution < -0.4 is 5.32 Å². The summed E-state index contributed by atoms with van der Waals surface area (Å²) in [6, 6.07) is 8.61. The largest absolute Gasteiger partial charge is 0.394 e. The summed E-state index contributed by atoms with van der Waals surface area (Å²) in [7, 11) is 0. The van der Waals surface area contributed by atoms with Crippen LogP contribution in [0.4, 0.5) is 0 Å². The standard InChI is InChI=1S/C16H15ClN4O2/c17-11-3-1-10(2-4-11)7-12(9-22)19-16(23)15-13-5-6-18-8-14(13)20-21-15/h1-6,8,12,22H,7,9H2,(H,19,23)(H,20,21). The molecule has 2 aromatic heterocycles. The van der Waals surface area contributed by atoms with Gasteiger partial charge in [-0.3, -0.25) is 14.9 Å². The topological polar surface area (TPSA) is 90.9 Å². The van der Waals surface area contributed by atoms with Crippen LogP contribution in [-0.4, -0.2) is 38.8 Å². The minimum atomic E-state index is -0.405. The molecule has 1 amide bonds. The summed E-state index contributed by atoms with van der Waals surface area (Å²) in [5, 5.41) is 20.5. The molecule has 7 heteroatoms. The van der Waals surface area contributed by atoms with Gasteiger partial charge in [0.25, 0.3) is 5.91 Å². The number of aromatic amines is 1. The molecule has 0 aliphatic carbocycles. The fraction of sp³-hybridized carbons (Fsp3) is 0.188. The molecule has 0 fully saturated rings. The van der Waals surface area contributed by atoms with Crippen molar-refractivity contribution < 1.29 is 9.90 Å². The number of hydrogen-bond acceptors (Lipinski definition) is 4. The monoisotopic (exact) mass is 330 g/mol. The minimum absolute atomic E-state index is 0.168. The molecule has 0 radical (unpaired) electrons. The zero-order valence-corrected chi connectivity index (χ0v) is 12.9. The van der Waals surface area contributed by atoms with E-state index in [2.05, 4.69) is 20.5 Å². The quantitative estimate of drug-likeness (QED) is 0.667. The number of rotatable bonds is 5. The third-order valence-corrected chi connectivity index (χ3v) is 3.78. The molecule has 0 saturated heterocycles. The number of aliphatic hydroxyl groups excluding tert-OH is 1. The van der Waals surface area contributed by atoms with E-state index in [-0.39, 0.29) is 18.2 Å². The third-order valence-electron chi connectivity index (χ3n) is 3.53. The zero-order chi connectivity index (χ0) is 16.2. The van der Waals surface area contributed by atoms with Crippen LogP contribution in [0.15, 0.2) is 42.7 Å². The van der Waals surface area contributed by atoms with Crippen molar-refractivity contribution in [3.63, 3.8) is 0 Å². The first kappa shape index (κ1) is 15.5. The molecule has 1 atom stereocenters. The number of nitrogens with zero attached hydrogens (tertiary/aromatic N) is 2. The second kappa shape index (κ2) is 6.76. The van der Waals surface area contributed by atoms with E-state index in [1.54, 1.807) is 30.6 Å². The number of H-pyrrole nitrogens is 1. The summed E-state index contributed by atoms with van der Waals surface area (Å²) in [5.74, 6) is -0.338. The van der Waals surface area contributed by atoms with Crippen LogP contribution in [0.1, 0.15) is 16.1 Å². The van der Waals surface area contributed by atoms with Gasteiger partial charge in [-0.15, -0.1) is 0 Å². The fourth-order valence-electron chi connectivity index (χ4n) is 2.36. The van der Waals surface area contributed by atoms with Crippen molar-refractivity contribution in [3.8, 4) is 0 Å². The van der Waals surface area contributed by atoms with Crippen molar-refractivity contribution in [2.75, 3.05) is 6.61 Å². The second-order valence-corrected chi connectivity index (χ2v) is 5.61. The number of pyridine rings is 1. The van der Waals surface area contributed by atoms with Crippen molar-refractivity contribution in [2.24, 2.45) is 0 Å². The molecule has 118 valence electrons. The number of aromatic nitrogens is 3.